The van der Waals surface area contributed by atoms with Gasteiger partial charge >= 0.3 is 0 Å². The first kappa shape index (κ1) is 24.5. The van der Waals surface area contributed by atoms with Gasteiger partial charge in [0.1, 0.15) is 12.1 Å². The van der Waals surface area contributed by atoms with Crippen molar-refractivity contribution in [1.29, 1.82) is 0 Å². The van der Waals surface area contributed by atoms with Crippen LogP contribution >= 0.6 is 0 Å². The van der Waals surface area contributed by atoms with Crippen molar-refractivity contribution >= 4 is 11.8 Å². The van der Waals surface area contributed by atoms with Gasteiger partial charge in [-0.2, -0.15) is 0 Å². The lowest BCUT2D eigenvalue weighted by Gasteiger charge is -2.56. The quantitative estimate of drug-likeness (QED) is 0.460. The van der Waals surface area contributed by atoms with E-state index in [1.54, 1.807) is 0 Å². The summed E-state index contributed by atoms with van der Waals surface area (Å²) in [5.41, 5.74) is 4.67. The van der Waals surface area contributed by atoms with Crippen LogP contribution in [0.1, 0.15) is 73.9 Å². The van der Waals surface area contributed by atoms with Crippen LogP contribution in [0.4, 0.5) is 0 Å². The second-order valence-corrected chi connectivity index (χ2v) is 11.0. The summed E-state index contributed by atoms with van der Waals surface area (Å²) in [7, 11) is 0. The highest BCUT2D eigenvalue weighted by Gasteiger charge is 2.55. The summed E-state index contributed by atoms with van der Waals surface area (Å²) in [5, 5.41) is 0. The molecule has 4 nitrogen and oxygen atoms in total. The Balaban J connectivity index is 1.52. The highest BCUT2D eigenvalue weighted by atomic mass is 16.2. The lowest BCUT2D eigenvalue weighted by atomic mass is 9.76. The molecule has 3 aliphatic rings. The number of piperazine rings is 1. The van der Waals surface area contributed by atoms with Crippen LogP contribution in [-0.4, -0.2) is 33.7 Å². The molecule has 0 spiro atoms. The zero-order valence-electron chi connectivity index (χ0n) is 21.6. The molecule has 2 aromatic rings. The van der Waals surface area contributed by atoms with E-state index in [-0.39, 0.29) is 36.0 Å². The number of fused-ring (bicyclic) bond motifs is 2. The minimum atomic E-state index is -0.387. The minimum absolute atomic E-state index is 0.0687. The third-order valence-electron chi connectivity index (χ3n) is 8.56. The van der Waals surface area contributed by atoms with Crippen LogP contribution in [-0.2, 0) is 22.4 Å². The zero-order chi connectivity index (χ0) is 25.4. The normalized spacial score (nSPS) is 29.9. The Kier molecular flexibility index (Phi) is 6.87. The second kappa shape index (κ2) is 10.1. The standard InChI is InChI=1S/C32H38N2O2/c1-5-9-23-11-7-13-25(19-23)29-21(3)15-17-27-32(36)34-28(31(35)33(27)29)18-16-22(4)30(34)26-14-8-12-24(20-26)10-6-2/h5-8,11-14,19-22,27-30H,1-2,9-10,15-18H2,3-4H3. The van der Waals surface area contributed by atoms with Gasteiger partial charge in [-0.05, 0) is 72.6 Å². The number of allylic oxidation sites excluding steroid dienone is 2. The van der Waals surface area contributed by atoms with Crippen LogP contribution in [0.2, 0.25) is 0 Å². The van der Waals surface area contributed by atoms with E-state index >= 15 is 0 Å². The third-order valence-corrected chi connectivity index (χ3v) is 8.56. The molecule has 0 saturated carbocycles. The molecule has 3 aliphatic heterocycles. The Labute approximate surface area is 215 Å². The molecular formula is C32H38N2O2. The Hall–Kier alpha value is -3.14. The molecule has 3 saturated heterocycles. The van der Waals surface area contributed by atoms with Crippen molar-refractivity contribution < 1.29 is 9.59 Å². The molecule has 0 aliphatic carbocycles. The Morgan fingerprint density at radius 1 is 0.722 bits per heavy atom. The van der Waals surface area contributed by atoms with Crippen LogP contribution in [0, 0.1) is 11.8 Å². The molecule has 0 radical (unpaired) electrons. The van der Waals surface area contributed by atoms with Gasteiger partial charge in [0.2, 0.25) is 11.8 Å². The summed E-state index contributed by atoms with van der Waals surface area (Å²) in [6, 6.07) is 16.1. The number of carbonyl (C=O) groups excluding carboxylic acids is 2. The number of piperidine rings is 2. The van der Waals surface area contributed by atoms with E-state index in [1.807, 2.05) is 22.0 Å². The number of benzene rings is 2. The summed E-state index contributed by atoms with van der Waals surface area (Å²) >= 11 is 0. The first-order chi connectivity index (χ1) is 17.4. The van der Waals surface area contributed by atoms with E-state index in [9.17, 15) is 9.59 Å². The van der Waals surface area contributed by atoms with Gasteiger partial charge in [-0.15, -0.1) is 13.2 Å². The maximum absolute atomic E-state index is 14.2. The van der Waals surface area contributed by atoms with E-state index in [1.165, 1.54) is 11.1 Å². The second-order valence-electron chi connectivity index (χ2n) is 11.0. The monoisotopic (exact) mass is 482 g/mol. The molecule has 36 heavy (non-hydrogen) atoms. The third kappa shape index (κ3) is 4.21. The largest absolute Gasteiger partial charge is 0.322 e. The van der Waals surface area contributed by atoms with Crippen LogP contribution in [0.25, 0.3) is 0 Å². The molecular weight excluding hydrogens is 444 g/mol. The molecule has 3 fully saturated rings. The zero-order valence-corrected chi connectivity index (χ0v) is 21.6. The Bertz CT molecular complexity index is 1080. The van der Waals surface area contributed by atoms with Crippen LogP contribution < -0.4 is 0 Å². The first-order valence-corrected chi connectivity index (χ1v) is 13.5. The highest BCUT2D eigenvalue weighted by Crippen LogP contribution is 2.48. The van der Waals surface area contributed by atoms with Gasteiger partial charge in [0, 0.05) is 0 Å². The summed E-state index contributed by atoms with van der Waals surface area (Å²) in [6.45, 7) is 12.2. The Morgan fingerprint density at radius 2 is 1.14 bits per heavy atom. The Morgan fingerprint density at radius 3 is 1.53 bits per heavy atom. The summed E-state index contributed by atoms with van der Waals surface area (Å²) in [4.78, 5) is 32.4. The SMILES string of the molecule is C=CCc1cccc(C2C(C)CCC3C(=O)N4C(CCC(C)C4c4cccc(CC=C)c4)C(=O)N32)c1. The molecule has 5 rings (SSSR count). The summed E-state index contributed by atoms with van der Waals surface area (Å²) < 4.78 is 0. The van der Waals surface area contributed by atoms with Crippen molar-refractivity contribution in [2.75, 3.05) is 0 Å². The van der Waals surface area contributed by atoms with E-state index in [2.05, 4.69) is 75.5 Å². The van der Waals surface area contributed by atoms with Crippen molar-refractivity contribution in [1.82, 2.24) is 9.80 Å². The number of rotatable bonds is 6. The van der Waals surface area contributed by atoms with E-state index in [0.717, 1.165) is 49.7 Å². The maximum atomic E-state index is 14.2. The predicted molar refractivity (Wildman–Crippen MR) is 144 cm³/mol. The average molecular weight is 483 g/mol. The van der Waals surface area contributed by atoms with Crippen molar-refractivity contribution in [3.8, 4) is 0 Å². The van der Waals surface area contributed by atoms with E-state index in [4.69, 9.17) is 0 Å². The van der Waals surface area contributed by atoms with Crippen LogP contribution in [0.3, 0.4) is 0 Å². The molecule has 188 valence electrons. The van der Waals surface area contributed by atoms with E-state index in [0.29, 0.717) is 11.8 Å². The van der Waals surface area contributed by atoms with E-state index < -0.39 is 0 Å². The molecule has 6 atom stereocenters. The van der Waals surface area contributed by atoms with Gasteiger partial charge in [0.05, 0.1) is 12.1 Å². The smallest absolute Gasteiger partial charge is 0.246 e. The van der Waals surface area contributed by atoms with Gasteiger partial charge in [-0.25, -0.2) is 0 Å². The molecule has 2 amide bonds. The lowest BCUT2D eigenvalue weighted by molar-refractivity contribution is -0.177. The number of hydrogen-bond donors (Lipinski definition) is 0. The van der Waals surface area contributed by atoms with Gasteiger partial charge in [0.15, 0.2) is 0 Å². The topological polar surface area (TPSA) is 40.6 Å². The van der Waals surface area contributed by atoms with Crippen molar-refractivity contribution in [2.45, 2.75) is 76.5 Å². The van der Waals surface area contributed by atoms with Crippen molar-refractivity contribution in [3.63, 3.8) is 0 Å². The fraction of sp³-hybridized carbons (Fsp3) is 0.438. The molecule has 2 aromatic carbocycles. The fourth-order valence-corrected chi connectivity index (χ4v) is 6.90. The molecule has 0 bridgehead atoms. The summed E-state index contributed by atoms with van der Waals surface area (Å²) in [5.74, 6) is 0.865. The average Bonchev–Trinajstić information content (AvgIpc) is 2.87. The minimum Gasteiger partial charge on any atom is -0.322 e. The lowest BCUT2D eigenvalue weighted by Crippen LogP contribution is -2.69. The number of amides is 2. The first-order valence-electron chi connectivity index (χ1n) is 13.5. The highest BCUT2D eigenvalue weighted by molar-refractivity contribution is 5.98. The maximum Gasteiger partial charge on any atom is 0.246 e. The van der Waals surface area contributed by atoms with Crippen LogP contribution in [0.15, 0.2) is 73.8 Å². The molecule has 4 heteroatoms. The fourth-order valence-electron chi connectivity index (χ4n) is 6.90. The van der Waals surface area contributed by atoms with Crippen LogP contribution in [0.5, 0.6) is 0 Å². The van der Waals surface area contributed by atoms with Crippen molar-refractivity contribution in [3.05, 3.63) is 96.1 Å². The molecule has 6 unspecified atom stereocenters. The molecule has 0 N–H and O–H groups in total. The number of hydrogen-bond acceptors (Lipinski definition) is 2. The number of nitrogens with zero attached hydrogens (tertiary/aromatic N) is 2. The molecule has 0 aromatic heterocycles. The predicted octanol–water partition coefficient (Wildman–Crippen LogP) is 6.19. The van der Waals surface area contributed by atoms with Crippen molar-refractivity contribution in [2.24, 2.45) is 11.8 Å². The van der Waals surface area contributed by atoms with Gasteiger partial charge in [-0.1, -0.05) is 74.5 Å². The van der Waals surface area contributed by atoms with Gasteiger partial charge in [0.25, 0.3) is 0 Å². The summed E-state index contributed by atoms with van der Waals surface area (Å²) in [6.07, 6.45) is 8.75. The van der Waals surface area contributed by atoms with Gasteiger partial charge < -0.3 is 9.80 Å². The molecule has 3 heterocycles. The van der Waals surface area contributed by atoms with Gasteiger partial charge in [-0.3, -0.25) is 9.59 Å². The number of carbonyl (C=O) groups is 2.